The minimum Gasteiger partial charge on any atom is -0.338 e. The van der Waals surface area contributed by atoms with E-state index >= 15 is 0 Å². The number of carbonyl (C=O) groups is 1. The third-order valence-electron chi connectivity index (χ3n) is 4.67. The molecule has 1 aliphatic rings. The quantitative estimate of drug-likeness (QED) is 0.909. The first-order valence-electron chi connectivity index (χ1n) is 7.97. The number of carbonyl (C=O) groups excluding carboxylic acids is 1. The summed E-state index contributed by atoms with van der Waals surface area (Å²) in [7, 11) is 3.81. The Kier molecular flexibility index (Phi) is 5.87. The number of hydrogen-bond acceptors (Lipinski definition) is 2. The normalized spacial score (nSPS) is 21.7. The number of likely N-dealkylation sites (tertiary alicyclic amines) is 1. The molecule has 1 fully saturated rings. The molecular formula is C17H25ClFN3O. The van der Waals surface area contributed by atoms with Gasteiger partial charge >= 0.3 is 6.03 Å². The Hall–Kier alpha value is -1.33. The fourth-order valence-corrected chi connectivity index (χ4v) is 3.16. The monoisotopic (exact) mass is 341 g/mol. The molecule has 2 atom stereocenters. The van der Waals surface area contributed by atoms with E-state index in [9.17, 15) is 9.18 Å². The van der Waals surface area contributed by atoms with Crippen LogP contribution in [-0.2, 0) is 0 Å². The zero-order chi connectivity index (χ0) is 17.1. The van der Waals surface area contributed by atoms with Gasteiger partial charge in [-0.25, -0.2) is 9.18 Å². The van der Waals surface area contributed by atoms with Crippen molar-refractivity contribution in [3.63, 3.8) is 0 Å². The second kappa shape index (κ2) is 7.49. The molecule has 1 aromatic rings. The first-order chi connectivity index (χ1) is 10.8. The lowest BCUT2D eigenvalue weighted by molar-refractivity contribution is 0.193. The summed E-state index contributed by atoms with van der Waals surface area (Å²) in [5, 5.41) is 3.13. The molecule has 1 saturated heterocycles. The Balaban J connectivity index is 2.06. The van der Waals surface area contributed by atoms with Gasteiger partial charge in [0.15, 0.2) is 0 Å². The van der Waals surface area contributed by atoms with Gasteiger partial charge < -0.3 is 10.2 Å². The smallest absolute Gasteiger partial charge is 0.317 e. The molecule has 1 N–H and O–H groups in total. The van der Waals surface area contributed by atoms with E-state index < -0.39 is 5.82 Å². The van der Waals surface area contributed by atoms with Crippen LogP contribution in [0.5, 0.6) is 0 Å². The summed E-state index contributed by atoms with van der Waals surface area (Å²) in [5.41, 5.74) is 0.906. The molecule has 2 amide bonds. The summed E-state index contributed by atoms with van der Waals surface area (Å²) in [5.74, 6) is -0.142. The molecular weight excluding hydrogens is 317 g/mol. The van der Waals surface area contributed by atoms with Crippen molar-refractivity contribution in [1.29, 1.82) is 0 Å². The van der Waals surface area contributed by atoms with Crippen LogP contribution in [0.3, 0.4) is 0 Å². The highest BCUT2D eigenvalue weighted by Gasteiger charge is 2.33. The molecule has 1 heterocycles. The maximum atomic E-state index is 13.8. The van der Waals surface area contributed by atoms with E-state index in [-0.39, 0.29) is 29.1 Å². The number of hydrogen-bond donors (Lipinski definition) is 1. The van der Waals surface area contributed by atoms with Gasteiger partial charge in [0, 0.05) is 25.7 Å². The van der Waals surface area contributed by atoms with E-state index in [1.807, 2.05) is 27.0 Å². The van der Waals surface area contributed by atoms with Gasteiger partial charge in [-0.2, -0.15) is 0 Å². The standard InChI is InChI=1S/C17H25ClFN3O/c1-11(2)22(4)17(23)20-10-13-7-8-21(3)16(13)12-5-6-14(18)15(19)9-12/h5-6,9,11,13,16H,7-8,10H2,1-4H3,(H,20,23). The molecule has 128 valence electrons. The van der Waals surface area contributed by atoms with Crippen LogP contribution in [0.25, 0.3) is 0 Å². The van der Waals surface area contributed by atoms with Crippen LogP contribution in [0, 0.1) is 11.7 Å². The van der Waals surface area contributed by atoms with E-state index in [1.165, 1.54) is 6.07 Å². The molecule has 0 radical (unpaired) electrons. The third kappa shape index (κ3) is 4.15. The van der Waals surface area contributed by atoms with Crippen molar-refractivity contribution < 1.29 is 9.18 Å². The van der Waals surface area contributed by atoms with Gasteiger partial charge in [0.2, 0.25) is 0 Å². The van der Waals surface area contributed by atoms with Gasteiger partial charge in [-0.05, 0) is 57.5 Å². The minimum atomic E-state index is -0.396. The summed E-state index contributed by atoms with van der Waals surface area (Å²) in [6, 6.07) is 5.14. The predicted octanol–water partition coefficient (Wildman–Crippen LogP) is 3.52. The largest absolute Gasteiger partial charge is 0.338 e. The topological polar surface area (TPSA) is 35.6 Å². The number of urea groups is 1. The molecule has 1 aliphatic heterocycles. The number of amides is 2. The lowest BCUT2D eigenvalue weighted by Crippen LogP contribution is -2.43. The van der Waals surface area contributed by atoms with E-state index in [0.29, 0.717) is 6.54 Å². The number of nitrogens with zero attached hydrogens (tertiary/aromatic N) is 2. The van der Waals surface area contributed by atoms with Crippen LogP contribution in [-0.4, -0.2) is 49.1 Å². The maximum Gasteiger partial charge on any atom is 0.317 e. The van der Waals surface area contributed by atoms with Crippen molar-refractivity contribution in [3.8, 4) is 0 Å². The van der Waals surface area contributed by atoms with Crippen LogP contribution >= 0.6 is 11.6 Å². The Bertz CT molecular complexity index is 567. The molecule has 2 unspecified atom stereocenters. The van der Waals surface area contributed by atoms with Crippen molar-refractivity contribution in [2.45, 2.75) is 32.4 Å². The third-order valence-corrected chi connectivity index (χ3v) is 4.98. The number of halogens is 2. The second-order valence-corrected chi connectivity index (χ2v) is 6.95. The van der Waals surface area contributed by atoms with Gasteiger partial charge in [0.1, 0.15) is 5.82 Å². The number of rotatable bonds is 4. The molecule has 0 saturated carbocycles. The highest BCUT2D eigenvalue weighted by molar-refractivity contribution is 6.30. The van der Waals surface area contributed by atoms with Crippen molar-refractivity contribution in [2.75, 3.05) is 27.2 Å². The maximum absolute atomic E-state index is 13.8. The Morgan fingerprint density at radius 1 is 1.52 bits per heavy atom. The highest BCUT2D eigenvalue weighted by atomic mass is 35.5. The molecule has 6 heteroatoms. The number of nitrogens with one attached hydrogen (secondary N) is 1. The first kappa shape index (κ1) is 18.0. The molecule has 4 nitrogen and oxygen atoms in total. The fourth-order valence-electron chi connectivity index (χ4n) is 3.04. The summed E-state index contributed by atoms with van der Waals surface area (Å²) in [6.45, 7) is 5.45. The van der Waals surface area contributed by atoms with E-state index in [4.69, 9.17) is 11.6 Å². The molecule has 23 heavy (non-hydrogen) atoms. The van der Waals surface area contributed by atoms with Gasteiger partial charge in [-0.15, -0.1) is 0 Å². The Morgan fingerprint density at radius 2 is 2.22 bits per heavy atom. The number of benzene rings is 1. The zero-order valence-corrected chi connectivity index (χ0v) is 14.9. The van der Waals surface area contributed by atoms with E-state index in [2.05, 4.69) is 10.2 Å². The van der Waals surface area contributed by atoms with Gasteiger partial charge in [0.05, 0.1) is 5.02 Å². The molecule has 0 aromatic heterocycles. The van der Waals surface area contributed by atoms with Crippen molar-refractivity contribution >= 4 is 17.6 Å². The summed E-state index contributed by atoms with van der Waals surface area (Å²) < 4.78 is 13.8. The minimum absolute atomic E-state index is 0.0735. The van der Waals surface area contributed by atoms with Crippen molar-refractivity contribution in [2.24, 2.45) is 5.92 Å². The summed E-state index contributed by atoms with van der Waals surface area (Å²) in [4.78, 5) is 16.0. The van der Waals surface area contributed by atoms with Crippen LogP contribution < -0.4 is 5.32 Å². The lowest BCUT2D eigenvalue weighted by atomic mass is 9.93. The van der Waals surface area contributed by atoms with Crippen LogP contribution in [0.1, 0.15) is 31.9 Å². The molecule has 0 aliphatic carbocycles. The van der Waals surface area contributed by atoms with Gasteiger partial charge in [-0.3, -0.25) is 4.90 Å². The summed E-state index contributed by atoms with van der Waals surface area (Å²) in [6.07, 6.45) is 0.969. The van der Waals surface area contributed by atoms with E-state index in [0.717, 1.165) is 18.5 Å². The van der Waals surface area contributed by atoms with Crippen LogP contribution in [0.15, 0.2) is 18.2 Å². The Morgan fingerprint density at radius 3 is 2.83 bits per heavy atom. The molecule has 0 bridgehead atoms. The average molecular weight is 342 g/mol. The lowest BCUT2D eigenvalue weighted by Gasteiger charge is -2.27. The fraction of sp³-hybridized carbons (Fsp3) is 0.588. The van der Waals surface area contributed by atoms with E-state index in [1.54, 1.807) is 18.0 Å². The van der Waals surface area contributed by atoms with Crippen molar-refractivity contribution in [1.82, 2.24) is 15.1 Å². The van der Waals surface area contributed by atoms with Gasteiger partial charge in [-0.1, -0.05) is 17.7 Å². The van der Waals surface area contributed by atoms with Crippen LogP contribution in [0.4, 0.5) is 9.18 Å². The second-order valence-electron chi connectivity index (χ2n) is 6.54. The highest BCUT2D eigenvalue weighted by Crippen LogP contribution is 2.36. The van der Waals surface area contributed by atoms with Gasteiger partial charge in [0.25, 0.3) is 0 Å². The molecule has 0 spiro atoms. The van der Waals surface area contributed by atoms with Crippen LogP contribution in [0.2, 0.25) is 5.02 Å². The zero-order valence-electron chi connectivity index (χ0n) is 14.1. The average Bonchev–Trinajstić information content (AvgIpc) is 2.87. The Labute approximate surface area is 142 Å². The SMILES string of the molecule is CC(C)N(C)C(=O)NCC1CCN(C)C1c1ccc(Cl)c(F)c1. The first-order valence-corrected chi connectivity index (χ1v) is 8.35. The molecule has 1 aromatic carbocycles. The molecule has 2 rings (SSSR count). The predicted molar refractivity (Wildman–Crippen MR) is 91.2 cm³/mol. The van der Waals surface area contributed by atoms with Crippen molar-refractivity contribution in [3.05, 3.63) is 34.6 Å². The summed E-state index contributed by atoms with van der Waals surface area (Å²) >= 11 is 5.78.